The molecule has 0 aromatic heterocycles. The molecule has 0 aromatic carbocycles. The fourth-order valence-corrected chi connectivity index (χ4v) is 0.780. The summed E-state index contributed by atoms with van der Waals surface area (Å²) >= 11 is 0. The first-order chi connectivity index (χ1) is 6.47. The minimum atomic E-state index is -0.618. The second-order valence-electron chi connectivity index (χ2n) is 3.49. The van der Waals surface area contributed by atoms with Crippen LogP contribution in [0.2, 0.25) is 0 Å². The molecule has 0 aliphatic heterocycles. The van der Waals surface area contributed by atoms with Crippen molar-refractivity contribution in [2.75, 3.05) is 13.7 Å². The van der Waals surface area contributed by atoms with Crippen LogP contribution < -0.4 is 10.6 Å². The number of rotatable bonds is 4. The average Bonchev–Trinajstić information content (AvgIpc) is 2.13. The molecule has 0 unspecified atom stereocenters. The van der Waals surface area contributed by atoms with Crippen molar-refractivity contribution >= 4 is 12.0 Å². The van der Waals surface area contributed by atoms with Gasteiger partial charge in [-0.05, 0) is 12.8 Å². The van der Waals surface area contributed by atoms with E-state index in [1.165, 1.54) is 7.11 Å². The Bertz CT molecular complexity index is 204. The Morgan fingerprint density at radius 3 is 2.29 bits per heavy atom. The lowest BCUT2D eigenvalue weighted by Crippen LogP contribution is -2.45. The number of esters is 1. The van der Waals surface area contributed by atoms with Crippen molar-refractivity contribution in [3.8, 4) is 0 Å². The van der Waals surface area contributed by atoms with Gasteiger partial charge in [-0.15, -0.1) is 0 Å². The highest BCUT2D eigenvalue weighted by molar-refractivity contribution is 5.83. The molecule has 0 spiro atoms. The molecule has 0 fully saturated rings. The monoisotopic (exact) mass is 202 g/mol. The molecular weight excluding hydrogens is 184 g/mol. The zero-order valence-electron chi connectivity index (χ0n) is 9.09. The van der Waals surface area contributed by atoms with E-state index >= 15 is 0 Å². The van der Waals surface area contributed by atoms with Gasteiger partial charge in [-0.3, -0.25) is 0 Å². The average molecular weight is 202 g/mol. The van der Waals surface area contributed by atoms with Crippen molar-refractivity contribution < 1.29 is 14.3 Å². The van der Waals surface area contributed by atoms with Crippen LogP contribution in [0.3, 0.4) is 0 Å². The third-order valence-corrected chi connectivity index (χ3v) is 1.57. The zero-order valence-corrected chi connectivity index (χ0v) is 9.09. The van der Waals surface area contributed by atoms with Gasteiger partial charge >= 0.3 is 12.0 Å². The van der Waals surface area contributed by atoms with Gasteiger partial charge in [-0.1, -0.05) is 13.8 Å². The molecule has 0 aromatic rings. The molecule has 0 aliphatic rings. The number of hydrogen-bond acceptors (Lipinski definition) is 3. The Morgan fingerprint density at radius 2 is 1.86 bits per heavy atom. The summed E-state index contributed by atoms with van der Waals surface area (Å²) in [6.45, 7) is 6.13. The molecule has 5 nitrogen and oxygen atoms in total. The van der Waals surface area contributed by atoms with E-state index in [1.54, 1.807) is 6.92 Å². The van der Waals surface area contributed by atoms with Crippen LogP contribution in [0.15, 0.2) is 0 Å². The number of carbonyl (C=O) groups is 2. The van der Waals surface area contributed by atoms with Gasteiger partial charge in [0.2, 0.25) is 0 Å². The lowest BCUT2D eigenvalue weighted by atomic mass is 10.2. The van der Waals surface area contributed by atoms with Crippen LogP contribution in [-0.4, -0.2) is 31.7 Å². The minimum absolute atomic E-state index is 0.350. The number of hydrogen-bond donors (Lipinski definition) is 2. The van der Waals surface area contributed by atoms with Crippen molar-refractivity contribution in [2.24, 2.45) is 5.92 Å². The summed E-state index contributed by atoms with van der Waals surface area (Å²) in [6.07, 6.45) is 0. The SMILES string of the molecule is COC(=O)[C@H](C)NC(=O)NCC(C)C. The van der Waals surface area contributed by atoms with Gasteiger partial charge < -0.3 is 15.4 Å². The number of carbonyl (C=O) groups excluding carboxylic acids is 2. The third kappa shape index (κ3) is 5.40. The Balaban J connectivity index is 3.77. The van der Waals surface area contributed by atoms with Crippen LogP contribution in [0.5, 0.6) is 0 Å². The quantitative estimate of drug-likeness (QED) is 0.652. The topological polar surface area (TPSA) is 67.4 Å². The van der Waals surface area contributed by atoms with Crippen LogP contribution in [0, 0.1) is 5.92 Å². The Hall–Kier alpha value is -1.26. The first-order valence-corrected chi connectivity index (χ1v) is 4.59. The highest BCUT2D eigenvalue weighted by atomic mass is 16.5. The molecule has 0 radical (unpaired) electrons. The molecule has 0 aliphatic carbocycles. The van der Waals surface area contributed by atoms with Gasteiger partial charge in [0.1, 0.15) is 6.04 Å². The highest BCUT2D eigenvalue weighted by Gasteiger charge is 2.15. The van der Waals surface area contributed by atoms with Crippen molar-refractivity contribution in [1.82, 2.24) is 10.6 Å². The van der Waals surface area contributed by atoms with Gasteiger partial charge in [0.15, 0.2) is 0 Å². The zero-order chi connectivity index (χ0) is 11.1. The van der Waals surface area contributed by atoms with E-state index in [4.69, 9.17) is 0 Å². The molecule has 14 heavy (non-hydrogen) atoms. The van der Waals surface area contributed by atoms with Crippen molar-refractivity contribution in [3.63, 3.8) is 0 Å². The lowest BCUT2D eigenvalue weighted by Gasteiger charge is -2.13. The summed E-state index contributed by atoms with van der Waals surface area (Å²) in [4.78, 5) is 22.1. The van der Waals surface area contributed by atoms with E-state index in [1.807, 2.05) is 13.8 Å². The van der Waals surface area contributed by atoms with Crippen molar-refractivity contribution in [2.45, 2.75) is 26.8 Å². The largest absolute Gasteiger partial charge is 0.467 e. The smallest absolute Gasteiger partial charge is 0.328 e. The molecule has 2 N–H and O–H groups in total. The lowest BCUT2D eigenvalue weighted by molar-refractivity contribution is -0.142. The Kier molecular flexibility index (Phi) is 5.67. The maximum atomic E-state index is 11.1. The van der Waals surface area contributed by atoms with Gasteiger partial charge in [-0.2, -0.15) is 0 Å². The second kappa shape index (κ2) is 6.23. The standard InChI is InChI=1S/C9H18N2O3/c1-6(2)5-10-9(13)11-7(3)8(12)14-4/h6-7H,5H2,1-4H3,(H2,10,11,13)/t7-/m0/s1. The molecule has 0 bridgehead atoms. The van der Waals surface area contributed by atoms with Crippen molar-refractivity contribution in [3.05, 3.63) is 0 Å². The van der Waals surface area contributed by atoms with Gasteiger partial charge in [0.05, 0.1) is 7.11 Å². The van der Waals surface area contributed by atoms with Gasteiger partial charge in [0.25, 0.3) is 0 Å². The molecular formula is C9H18N2O3. The van der Waals surface area contributed by atoms with Crippen LogP contribution in [0.4, 0.5) is 4.79 Å². The van der Waals surface area contributed by atoms with Crippen LogP contribution >= 0.6 is 0 Å². The van der Waals surface area contributed by atoms with E-state index in [2.05, 4.69) is 15.4 Å². The fourth-order valence-electron chi connectivity index (χ4n) is 0.780. The molecule has 1 atom stereocenters. The molecule has 5 heteroatoms. The molecule has 0 rings (SSSR count). The highest BCUT2D eigenvalue weighted by Crippen LogP contribution is 1.88. The number of amides is 2. The third-order valence-electron chi connectivity index (χ3n) is 1.57. The van der Waals surface area contributed by atoms with E-state index in [0.717, 1.165) is 0 Å². The number of methoxy groups -OCH3 is 1. The number of nitrogens with one attached hydrogen (secondary N) is 2. The Morgan fingerprint density at radius 1 is 1.29 bits per heavy atom. The second-order valence-corrected chi connectivity index (χ2v) is 3.49. The molecule has 0 saturated carbocycles. The molecule has 2 amide bonds. The Labute approximate surface area is 84.2 Å². The predicted molar refractivity (Wildman–Crippen MR) is 52.9 cm³/mol. The molecule has 0 saturated heterocycles. The summed E-state index contributed by atoms with van der Waals surface area (Å²) < 4.78 is 4.46. The van der Waals surface area contributed by atoms with E-state index in [0.29, 0.717) is 12.5 Å². The predicted octanol–water partition coefficient (Wildman–Crippen LogP) is 0.503. The molecule has 0 heterocycles. The first kappa shape index (κ1) is 12.7. The maximum absolute atomic E-state index is 11.1. The van der Waals surface area contributed by atoms with Crippen molar-refractivity contribution in [1.29, 1.82) is 0 Å². The summed E-state index contributed by atoms with van der Waals surface area (Å²) in [5.41, 5.74) is 0. The van der Waals surface area contributed by atoms with E-state index < -0.39 is 12.0 Å². The maximum Gasteiger partial charge on any atom is 0.328 e. The van der Waals surface area contributed by atoms with E-state index in [-0.39, 0.29) is 6.03 Å². The fraction of sp³-hybridized carbons (Fsp3) is 0.778. The normalized spacial score (nSPS) is 12.1. The summed E-state index contributed by atoms with van der Waals surface area (Å²) in [5, 5.41) is 5.10. The van der Waals surface area contributed by atoms with Gasteiger partial charge in [0, 0.05) is 6.54 Å². The number of ether oxygens (including phenoxy) is 1. The molecule has 82 valence electrons. The number of urea groups is 1. The van der Waals surface area contributed by atoms with E-state index in [9.17, 15) is 9.59 Å². The van der Waals surface area contributed by atoms with Crippen LogP contribution in [-0.2, 0) is 9.53 Å². The van der Waals surface area contributed by atoms with Crippen LogP contribution in [0.1, 0.15) is 20.8 Å². The minimum Gasteiger partial charge on any atom is -0.467 e. The summed E-state index contributed by atoms with van der Waals surface area (Å²) in [6, 6.07) is -0.969. The first-order valence-electron chi connectivity index (χ1n) is 4.59. The van der Waals surface area contributed by atoms with Crippen LogP contribution in [0.25, 0.3) is 0 Å². The summed E-state index contributed by atoms with van der Waals surface area (Å²) in [5.74, 6) is -0.0705. The van der Waals surface area contributed by atoms with Gasteiger partial charge in [-0.25, -0.2) is 9.59 Å². The summed E-state index contributed by atoms with van der Waals surface area (Å²) in [7, 11) is 1.28.